The zero-order valence-corrected chi connectivity index (χ0v) is 12.1. The molecule has 21 heavy (non-hydrogen) atoms. The van der Waals surface area contributed by atoms with Gasteiger partial charge in [-0.3, -0.25) is 9.69 Å². The van der Waals surface area contributed by atoms with Gasteiger partial charge in [-0.1, -0.05) is 48.5 Å². The Hall–Kier alpha value is -2.13. The van der Waals surface area contributed by atoms with Crippen LogP contribution in [0.2, 0.25) is 0 Å². The van der Waals surface area contributed by atoms with Gasteiger partial charge in [0.15, 0.2) is 5.72 Å². The Balaban J connectivity index is 2.03. The lowest BCUT2D eigenvalue weighted by atomic mass is 9.94. The number of hydrogen-bond donors (Lipinski definition) is 0. The first kappa shape index (κ1) is 12.6. The molecule has 0 aromatic heterocycles. The molecule has 0 aliphatic carbocycles. The number of rotatable bonds is 1. The van der Waals surface area contributed by atoms with E-state index in [1.54, 1.807) is 0 Å². The molecule has 0 bridgehead atoms. The van der Waals surface area contributed by atoms with E-state index in [1.165, 1.54) is 0 Å². The number of hydrogen-bond acceptors (Lipinski definition) is 2. The van der Waals surface area contributed by atoms with Gasteiger partial charge in [0, 0.05) is 16.7 Å². The summed E-state index contributed by atoms with van der Waals surface area (Å²) in [6.45, 7) is 4.09. The number of ether oxygens (including phenoxy) is 1. The monoisotopic (exact) mass is 279 g/mol. The van der Waals surface area contributed by atoms with Crippen molar-refractivity contribution in [2.75, 3.05) is 0 Å². The summed E-state index contributed by atoms with van der Waals surface area (Å²) >= 11 is 0. The fourth-order valence-electron chi connectivity index (χ4n) is 3.56. The summed E-state index contributed by atoms with van der Waals surface area (Å²) in [4.78, 5) is 14.8. The first-order valence-corrected chi connectivity index (χ1v) is 7.33. The molecular formula is C18H17NO2. The summed E-state index contributed by atoms with van der Waals surface area (Å²) in [5.74, 6) is 0.0614. The van der Waals surface area contributed by atoms with Crippen LogP contribution in [0.1, 0.15) is 35.3 Å². The summed E-state index contributed by atoms with van der Waals surface area (Å²) in [5, 5.41) is 0. The van der Waals surface area contributed by atoms with E-state index < -0.39 is 5.72 Å². The Labute approximate surface area is 124 Å². The molecule has 2 aliphatic rings. The average molecular weight is 279 g/mol. The van der Waals surface area contributed by atoms with Gasteiger partial charge >= 0.3 is 0 Å². The topological polar surface area (TPSA) is 29.5 Å². The fourth-order valence-corrected chi connectivity index (χ4v) is 3.56. The lowest BCUT2D eigenvalue weighted by molar-refractivity contribution is -0.0543. The minimum absolute atomic E-state index is 0.00233. The van der Waals surface area contributed by atoms with E-state index in [-0.39, 0.29) is 18.1 Å². The number of benzene rings is 2. The van der Waals surface area contributed by atoms with Crippen molar-refractivity contribution in [2.24, 2.45) is 0 Å². The first-order chi connectivity index (χ1) is 10.2. The number of fused-ring (bicyclic) bond motifs is 3. The summed E-state index contributed by atoms with van der Waals surface area (Å²) in [5.41, 5.74) is 1.95. The molecule has 1 fully saturated rings. The maximum absolute atomic E-state index is 12.9. The van der Waals surface area contributed by atoms with Crippen molar-refractivity contribution in [3.05, 3.63) is 71.3 Å². The second-order valence-corrected chi connectivity index (χ2v) is 5.79. The van der Waals surface area contributed by atoms with Crippen molar-refractivity contribution in [1.82, 2.24) is 4.90 Å². The summed E-state index contributed by atoms with van der Waals surface area (Å²) < 4.78 is 6.37. The molecule has 0 N–H and O–H groups in total. The normalized spacial score (nSPS) is 30.4. The SMILES string of the molecule is CC1OC2(c3ccccc3)c3ccccc3C(=O)N2C1C. The van der Waals surface area contributed by atoms with Crippen LogP contribution in [-0.2, 0) is 10.5 Å². The van der Waals surface area contributed by atoms with Crippen LogP contribution in [0, 0.1) is 0 Å². The second kappa shape index (κ2) is 4.18. The fraction of sp³-hybridized carbons (Fsp3) is 0.278. The molecule has 1 saturated heterocycles. The maximum Gasteiger partial charge on any atom is 0.257 e. The van der Waals surface area contributed by atoms with Crippen molar-refractivity contribution in [2.45, 2.75) is 31.7 Å². The van der Waals surface area contributed by atoms with Crippen LogP contribution in [0.4, 0.5) is 0 Å². The van der Waals surface area contributed by atoms with Crippen LogP contribution >= 0.6 is 0 Å². The van der Waals surface area contributed by atoms with E-state index in [9.17, 15) is 4.79 Å². The third-order valence-electron chi connectivity index (χ3n) is 4.69. The van der Waals surface area contributed by atoms with Gasteiger partial charge in [-0.2, -0.15) is 0 Å². The van der Waals surface area contributed by atoms with Crippen LogP contribution in [-0.4, -0.2) is 23.0 Å². The molecule has 3 unspecified atom stereocenters. The van der Waals surface area contributed by atoms with Crippen LogP contribution in [0.3, 0.4) is 0 Å². The largest absolute Gasteiger partial charge is 0.342 e. The summed E-state index contributed by atoms with van der Waals surface area (Å²) in [6, 6.07) is 17.9. The minimum atomic E-state index is -0.770. The van der Waals surface area contributed by atoms with Gasteiger partial charge in [-0.15, -0.1) is 0 Å². The molecular weight excluding hydrogens is 262 g/mol. The highest BCUT2D eigenvalue weighted by Crippen LogP contribution is 2.51. The Morgan fingerprint density at radius 3 is 2.43 bits per heavy atom. The predicted octanol–water partition coefficient (Wildman–Crippen LogP) is 3.15. The van der Waals surface area contributed by atoms with E-state index >= 15 is 0 Å². The van der Waals surface area contributed by atoms with Crippen molar-refractivity contribution in [1.29, 1.82) is 0 Å². The number of carbonyl (C=O) groups excluding carboxylic acids is 1. The van der Waals surface area contributed by atoms with Gasteiger partial charge in [0.05, 0.1) is 12.1 Å². The highest BCUT2D eigenvalue weighted by atomic mass is 16.5. The van der Waals surface area contributed by atoms with Crippen molar-refractivity contribution >= 4 is 5.91 Å². The van der Waals surface area contributed by atoms with Crippen LogP contribution in [0.15, 0.2) is 54.6 Å². The molecule has 106 valence electrons. The van der Waals surface area contributed by atoms with E-state index in [1.807, 2.05) is 66.4 Å². The van der Waals surface area contributed by atoms with Crippen LogP contribution in [0.5, 0.6) is 0 Å². The van der Waals surface area contributed by atoms with Gasteiger partial charge in [0.1, 0.15) is 0 Å². The lowest BCUT2D eigenvalue weighted by Gasteiger charge is -2.33. The van der Waals surface area contributed by atoms with E-state index in [0.717, 1.165) is 16.7 Å². The molecule has 1 amide bonds. The lowest BCUT2D eigenvalue weighted by Crippen LogP contribution is -2.43. The number of nitrogens with zero attached hydrogens (tertiary/aromatic N) is 1. The smallest absolute Gasteiger partial charge is 0.257 e. The summed E-state index contributed by atoms with van der Waals surface area (Å²) in [7, 11) is 0. The molecule has 0 saturated carbocycles. The van der Waals surface area contributed by atoms with Crippen molar-refractivity contribution < 1.29 is 9.53 Å². The van der Waals surface area contributed by atoms with Gasteiger partial charge in [0.2, 0.25) is 0 Å². The molecule has 2 aliphatic heterocycles. The average Bonchev–Trinajstić information content (AvgIpc) is 2.93. The van der Waals surface area contributed by atoms with Gasteiger partial charge in [-0.05, 0) is 19.9 Å². The third-order valence-corrected chi connectivity index (χ3v) is 4.69. The molecule has 4 rings (SSSR count). The quantitative estimate of drug-likeness (QED) is 0.802. The van der Waals surface area contributed by atoms with Crippen molar-refractivity contribution in [3.63, 3.8) is 0 Å². The van der Waals surface area contributed by atoms with Gasteiger partial charge in [0.25, 0.3) is 5.91 Å². The molecule has 3 heteroatoms. The standard InChI is InChI=1S/C18H17NO2/c1-12-13(2)21-18(14-8-4-3-5-9-14)16-11-7-6-10-15(16)17(20)19(12)18/h3-13H,1-2H3. The molecule has 2 heterocycles. The predicted molar refractivity (Wildman–Crippen MR) is 79.8 cm³/mol. The molecule has 0 radical (unpaired) electrons. The Bertz CT molecular complexity index is 712. The second-order valence-electron chi connectivity index (χ2n) is 5.79. The maximum atomic E-state index is 12.9. The van der Waals surface area contributed by atoms with E-state index in [4.69, 9.17) is 4.74 Å². The van der Waals surface area contributed by atoms with Gasteiger partial charge in [-0.25, -0.2) is 0 Å². The zero-order valence-electron chi connectivity index (χ0n) is 12.1. The molecule has 2 aromatic rings. The Morgan fingerprint density at radius 1 is 1.00 bits per heavy atom. The highest BCUT2D eigenvalue weighted by molar-refractivity contribution is 6.01. The minimum Gasteiger partial charge on any atom is -0.342 e. The highest BCUT2D eigenvalue weighted by Gasteiger charge is 2.59. The Morgan fingerprint density at radius 2 is 1.67 bits per heavy atom. The number of carbonyl (C=O) groups is 1. The molecule has 0 spiro atoms. The number of amides is 1. The van der Waals surface area contributed by atoms with Gasteiger partial charge < -0.3 is 4.74 Å². The van der Waals surface area contributed by atoms with E-state index in [0.29, 0.717) is 0 Å². The summed E-state index contributed by atoms with van der Waals surface area (Å²) in [6.07, 6.45) is 0.00233. The van der Waals surface area contributed by atoms with Crippen LogP contribution < -0.4 is 0 Å². The molecule has 2 aromatic carbocycles. The molecule has 3 nitrogen and oxygen atoms in total. The third kappa shape index (κ3) is 1.44. The van der Waals surface area contributed by atoms with E-state index in [2.05, 4.69) is 6.92 Å². The van der Waals surface area contributed by atoms with Crippen LogP contribution in [0.25, 0.3) is 0 Å². The first-order valence-electron chi connectivity index (χ1n) is 7.33. The van der Waals surface area contributed by atoms with Crippen molar-refractivity contribution in [3.8, 4) is 0 Å². The Kier molecular flexibility index (Phi) is 2.51. The zero-order chi connectivity index (χ0) is 14.6. The molecule has 3 atom stereocenters.